The van der Waals surface area contributed by atoms with Gasteiger partial charge in [0.2, 0.25) is 0 Å². The van der Waals surface area contributed by atoms with Crippen LogP contribution in [0.15, 0.2) is 11.1 Å². The molecule has 0 radical (unpaired) electrons. The fraction of sp³-hybridized carbons (Fsp3) is 0.800. The second-order valence-corrected chi connectivity index (χ2v) is 4.20. The second kappa shape index (κ2) is 1.49. The summed E-state index contributed by atoms with van der Waals surface area (Å²) < 4.78 is 0. The van der Waals surface area contributed by atoms with E-state index in [0.717, 1.165) is 17.8 Å². The molecule has 3 fully saturated rings. The maximum atomic E-state index is 2.38. The maximum Gasteiger partial charge on any atom is -0.0131 e. The Kier molecular flexibility index (Phi) is 0.805. The fourth-order valence-corrected chi connectivity index (χ4v) is 2.53. The molecule has 0 aliphatic heterocycles. The summed E-state index contributed by atoms with van der Waals surface area (Å²) in [6.45, 7) is 2.38. The summed E-state index contributed by atoms with van der Waals surface area (Å²) in [4.78, 5) is 0. The van der Waals surface area contributed by atoms with Crippen LogP contribution in [-0.4, -0.2) is 0 Å². The average Bonchev–Trinajstić information content (AvgIpc) is 2.67. The van der Waals surface area contributed by atoms with Crippen LogP contribution < -0.4 is 0 Å². The van der Waals surface area contributed by atoms with Gasteiger partial charge in [0.15, 0.2) is 0 Å². The van der Waals surface area contributed by atoms with E-state index >= 15 is 0 Å². The van der Waals surface area contributed by atoms with Crippen molar-refractivity contribution in [1.82, 2.24) is 0 Å². The first kappa shape index (κ1) is 5.40. The molecule has 0 bridgehead atoms. The maximum absolute atomic E-state index is 2.38. The Morgan fingerprint density at radius 1 is 1.10 bits per heavy atom. The van der Waals surface area contributed by atoms with Gasteiger partial charge in [-0.2, -0.15) is 0 Å². The Balaban J connectivity index is 1.88. The quantitative estimate of drug-likeness (QED) is 0.484. The normalized spacial score (nSPS) is 42.3. The summed E-state index contributed by atoms with van der Waals surface area (Å²) in [7, 11) is 0. The van der Waals surface area contributed by atoms with Crippen LogP contribution in [0.5, 0.6) is 0 Å². The van der Waals surface area contributed by atoms with E-state index in [4.69, 9.17) is 0 Å². The average molecular weight is 134 g/mol. The smallest absolute Gasteiger partial charge is 0.0131 e. The van der Waals surface area contributed by atoms with Gasteiger partial charge in [-0.15, -0.1) is 0 Å². The van der Waals surface area contributed by atoms with E-state index in [1.165, 1.54) is 25.7 Å². The van der Waals surface area contributed by atoms with Crippen LogP contribution in [0.4, 0.5) is 0 Å². The van der Waals surface area contributed by atoms with Crippen LogP contribution in [-0.2, 0) is 0 Å². The van der Waals surface area contributed by atoms with E-state index in [2.05, 4.69) is 6.92 Å². The van der Waals surface area contributed by atoms with E-state index in [0.29, 0.717) is 0 Å². The van der Waals surface area contributed by atoms with Gasteiger partial charge >= 0.3 is 0 Å². The molecular weight excluding hydrogens is 120 g/mol. The van der Waals surface area contributed by atoms with Crippen molar-refractivity contribution < 1.29 is 0 Å². The van der Waals surface area contributed by atoms with Crippen molar-refractivity contribution in [3.05, 3.63) is 11.1 Å². The minimum absolute atomic E-state index is 1.04. The van der Waals surface area contributed by atoms with Crippen molar-refractivity contribution in [2.45, 2.75) is 32.6 Å². The van der Waals surface area contributed by atoms with Gasteiger partial charge in [0.25, 0.3) is 0 Å². The molecule has 3 aliphatic carbocycles. The van der Waals surface area contributed by atoms with Crippen molar-refractivity contribution in [2.24, 2.45) is 17.8 Å². The van der Waals surface area contributed by atoms with Crippen molar-refractivity contribution in [3.8, 4) is 0 Å². The fourth-order valence-electron chi connectivity index (χ4n) is 2.53. The van der Waals surface area contributed by atoms with Gasteiger partial charge in [0.1, 0.15) is 0 Å². The monoisotopic (exact) mass is 134 g/mol. The largest absolute Gasteiger partial charge is 0.0704 e. The summed E-state index contributed by atoms with van der Waals surface area (Å²) in [5.74, 6) is 3.24. The van der Waals surface area contributed by atoms with Crippen LogP contribution in [0.3, 0.4) is 0 Å². The molecule has 0 amide bonds. The third-order valence-corrected chi connectivity index (χ3v) is 3.61. The van der Waals surface area contributed by atoms with Gasteiger partial charge in [-0.25, -0.2) is 0 Å². The highest BCUT2D eigenvalue weighted by molar-refractivity contribution is 5.40. The minimum Gasteiger partial charge on any atom is -0.0704 e. The van der Waals surface area contributed by atoms with Gasteiger partial charge in [-0.05, 0) is 50.4 Å². The van der Waals surface area contributed by atoms with Crippen LogP contribution >= 0.6 is 0 Å². The lowest BCUT2D eigenvalue weighted by atomic mass is 10.0. The predicted molar refractivity (Wildman–Crippen MR) is 41.6 cm³/mol. The van der Waals surface area contributed by atoms with Crippen LogP contribution in [0.2, 0.25) is 0 Å². The predicted octanol–water partition coefficient (Wildman–Crippen LogP) is 2.75. The molecule has 0 aromatic rings. The van der Waals surface area contributed by atoms with E-state index < -0.39 is 0 Å². The zero-order chi connectivity index (χ0) is 6.72. The molecule has 3 aliphatic rings. The van der Waals surface area contributed by atoms with Gasteiger partial charge in [-0.3, -0.25) is 0 Å². The van der Waals surface area contributed by atoms with E-state index in [1.807, 2.05) is 5.57 Å². The van der Waals surface area contributed by atoms with Crippen molar-refractivity contribution in [3.63, 3.8) is 0 Å². The first-order valence-corrected chi connectivity index (χ1v) is 4.58. The lowest BCUT2D eigenvalue weighted by molar-refractivity contribution is 0.468. The molecule has 0 heterocycles. The second-order valence-electron chi connectivity index (χ2n) is 4.20. The highest BCUT2D eigenvalue weighted by atomic mass is 14.6. The number of allylic oxidation sites excluding steroid dienone is 2. The molecule has 0 saturated heterocycles. The van der Waals surface area contributed by atoms with Crippen LogP contribution in [0.25, 0.3) is 0 Å². The molecule has 0 aromatic carbocycles. The van der Waals surface area contributed by atoms with E-state index in [1.54, 1.807) is 5.57 Å². The molecule has 2 atom stereocenters. The van der Waals surface area contributed by atoms with Gasteiger partial charge in [-0.1, -0.05) is 11.1 Å². The lowest BCUT2D eigenvalue weighted by Crippen LogP contribution is -1.93. The molecule has 3 saturated carbocycles. The summed E-state index contributed by atoms with van der Waals surface area (Å²) in [5.41, 5.74) is 3.69. The summed E-state index contributed by atoms with van der Waals surface area (Å²) in [5, 5.41) is 0. The molecule has 0 nitrogen and oxygen atoms in total. The zero-order valence-electron chi connectivity index (χ0n) is 6.56. The highest BCUT2D eigenvalue weighted by Gasteiger charge is 2.53. The topological polar surface area (TPSA) is 0 Å². The minimum atomic E-state index is 1.04. The number of fused-ring (bicyclic) bond motifs is 1. The number of rotatable bonds is 1. The molecule has 3 rings (SSSR count). The SMILES string of the molecule is CC(=C1C2CCC12)C1CC1. The molecule has 0 aromatic heterocycles. The van der Waals surface area contributed by atoms with Crippen molar-refractivity contribution in [1.29, 1.82) is 0 Å². The Bertz CT molecular complexity index is 191. The van der Waals surface area contributed by atoms with Crippen molar-refractivity contribution >= 4 is 0 Å². The molecule has 2 unspecified atom stereocenters. The number of hydrogen-bond donors (Lipinski definition) is 0. The number of hydrogen-bond acceptors (Lipinski definition) is 0. The lowest BCUT2D eigenvalue weighted by Gasteiger charge is -2.03. The molecular formula is C10H14. The third kappa shape index (κ3) is 0.531. The Hall–Kier alpha value is -0.260. The highest BCUT2D eigenvalue weighted by Crippen LogP contribution is 2.63. The van der Waals surface area contributed by atoms with Gasteiger partial charge in [0.05, 0.1) is 0 Å². The van der Waals surface area contributed by atoms with E-state index in [-0.39, 0.29) is 0 Å². The van der Waals surface area contributed by atoms with Crippen LogP contribution in [0.1, 0.15) is 32.6 Å². The first-order chi connectivity index (χ1) is 4.88. The Morgan fingerprint density at radius 2 is 1.70 bits per heavy atom. The standard InChI is InChI=1S/C10H14/c1-6(7-2-3-7)10-8-4-5-9(8)10/h7-9H,2-5H2,1H3. The summed E-state index contributed by atoms with van der Waals surface area (Å²) in [6.07, 6.45) is 6.03. The first-order valence-electron chi connectivity index (χ1n) is 4.58. The van der Waals surface area contributed by atoms with Gasteiger partial charge < -0.3 is 0 Å². The Morgan fingerprint density at radius 3 is 2.10 bits per heavy atom. The zero-order valence-corrected chi connectivity index (χ0v) is 6.56. The van der Waals surface area contributed by atoms with Crippen LogP contribution in [0, 0.1) is 17.8 Å². The molecule has 0 heteroatoms. The third-order valence-electron chi connectivity index (χ3n) is 3.61. The van der Waals surface area contributed by atoms with Crippen molar-refractivity contribution in [2.75, 3.05) is 0 Å². The molecule has 54 valence electrons. The summed E-state index contributed by atoms with van der Waals surface area (Å²) >= 11 is 0. The van der Waals surface area contributed by atoms with E-state index in [9.17, 15) is 0 Å². The summed E-state index contributed by atoms with van der Waals surface area (Å²) in [6, 6.07) is 0. The molecule has 0 N–H and O–H groups in total. The van der Waals surface area contributed by atoms with Gasteiger partial charge in [0, 0.05) is 0 Å². The Labute approximate surface area is 62.3 Å². The molecule has 10 heavy (non-hydrogen) atoms. The molecule has 0 spiro atoms.